The lowest BCUT2D eigenvalue weighted by molar-refractivity contribution is -0.129. The number of nitrogens with two attached hydrogens (primary N) is 1. The van der Waals surface area contributed by atoms with Crippen molar-refractivity contribution in [2.24, 2.45) is 0 Å². The average molecular weight is 340 g/mol. The molecule has 0 aliphatic heterocycles. The number of hydrogen-bond donors (Lipinski definition) is 1. The monoisotopic (exact) mass is 339 g/mol. The Bertz CT molecular complexity index is 637. The summed E-state index contributed by atoms with van der Waals surface area (Å²) in [6.45, 7) is 0.584. The molecule has 23 heavy (non-hydrogen) atoms. The summed E-state index contributed by atoms with van der Waals surface area (Å²) >= 11 is 0. The molecule has 0 radical (unpaired) electrons. The molecule has 0 atom stereocenters. The number of aromatic nitrogens is 1. The number of ether oxygens (including phenoxy) is 1. The second kappa shape index (κ2) is 8.95. The number of nitrogens with zero attached hydrogens (tertiary/aromatic N) is 2. The normalized spacial score (nSPS) is 9.83. The van der Waals surface area contributed by atoms with Gasteiger partial charge < -0.3 is 15.4 Å². The second-order valence-electron chi connectivity index (χ2n) is 4.85. The molecule has 0 saturated carbocycles. The van der Waals surface area contributed by atoms with Crippen molar-refractivity contribution in [3.63, 3.8) is 0 Å². The lowest BCUT2D eigenvalue weighted by Crippen LogP contribution is -2.32. The lowest BCUT2D eigenvalue weighted by atomic mass is 10.2. The maximum atomic E-state index is 13.4. The SMILES string of the molecule is CN(CCOc1ccccc1F)C(=O)Cc1ccc(N)cn1.Cl. The molecule has 1 aromatic carbocycles. The number of likely N-dealkylation sites (N-methyl/N-ethyl adjacent to an activating group) is 1. The van der Waals surface area contributed by atoms with Crippen LogP contribution in [0.4, 0.5) is 10.1 Å². The van der Waals surface area contributed by atoms with E-state index in [9.17, 15) is 9.18 Å². The first kappa shape index (κ1) is 18.7. The molecular weight excluding hydrogens is 321 g/mol. The minimum absolute atomic E-state index is 0. The van der Waals surface area contributed by atoms with Gasteiger partial charge in [-0.2, -0.15) is 0 Å². The quantitative estimate of drug-likeness (QED) is 0.876. The van der Waals surface area contributed by atoms with Crippen LogP contribution >= 0.6 is 12.4 Å². The zero-order valence-corrected chi connectivity index (χ0v) is 13.6. The molecule has 0 spiro atoms. The summed E-state index contributed by atoms with van der Waals surface area (Å²) in [5.41, 5.74) is 6.76. The highest BCUT2D eigenvalue weighted by Crippen LogP contribution is 2.15. The number of hydrogen-bond acceptors (Lipinski definition) is 4. The van der Waals surface area contributed by atoms with Crippen molar-refractivity contribution in [3.05, 3.63) is 54.1 Å². The molecule has 2 N–H and O–H groups in total. The minimum Gasteiger partial charge on any atom is -0.489 e. The van der Waals surface area contributed by atoms with Crippen LogP contribution in [-0.2, 0) is 11.2 Å². The number of carbonyl (C=O) groups is 1. The fraction of sp³-hybridized carbons (Fsp3) is 0.250. The van der Waals surface area contributed by atoms with Gasteiger partial charge in [0.25, 0.3) is 0 Å². The zero-order valence-electron chi connectivity index (χ0n) is 12.7. The van der Waals surface area contributed by atoms with Crippen LogP contribution in [0, 0.1) is 5.82 Å². The van der Waals surface area contributed by atoms with Gasteiger partial charge in [-0.15, -0.1) is 12.4 Å². The number of pyridine rings is 1. The number of nitrogen functional groups attached to an aromatic ring is 1. The number of benzene rings is 1. The Labute approximate surface area is 140 Å². The molecule has 2 aromatic rings. The van der Waals surface area contributed by atoms with E-state index in [-0.39, 0.29) is 37.1 Å². The van der Waals surface area contributed by atoms with E-state index >= 15 is 0 Å². The largest absolute Gasteiger partial charge is 0.489 e. The van der Waals surface area contributed by atoms with Crippen molar-refractivity contribution in [1.82, 2.24) is 9.88 Å². The van der Waals surface area contributed by atoms with E-state index in [2.05, 4.69) is 4.98 Å². The standard InChI is InChI=1S/C16H18FN3O2.ClH/c1-20(8-9-22-15-5-3-2-4-14(15)17)16(21)10-13-7-6-12(18)11-19-13;/h2-7,11H,8-10,18H2,1H3;1H. The average Bonchev–Trinajstić information content (AvgIpc) is 2.51. The molecule has 0 unspecified atom stereocenters. The molecule has 0 bridgehead atoms. The van der Waals surface area contributed by atoms with E-state index in [1.807, 2.05) is 0 Å². The lowest BCUT2D eigenvalue weighted by Gasteiger charge is -2.17. The zero-order chi connectivity index (χ0) is 15.9. The van der Waals surface area contributed by atoms with Gasteiger partial charge in [0.2, 0.25) is 5.91 Å². The summed E-state index contributed by atoms with van der Waals surface area (Å²) in [5.74, 6) is -0.319. The molecule has 2 rings (SSSR count). The van der Waals surface area contributed by atoms with Gasteiger partial charge in [-0.25, -0.2) is 4.39 Å². The van der Waals surface area contributed by atoms with Gasteiger partial charge in [0.05, 0.1) is 24.8 Å². The van der Waals surface area contributed by atoms with Gasteiger partial charge in [-0.1, -0.05) is 12.1 Å². The smallest absolute Gasteiger partial charge is 0.228 e. The highest BCUT2D eigenvalue weighted by atomic mass is 35.5. The molecule has 1 amide bonds. The molecule has 7 heteroatoms. The minimum atomic E-state index is -0.414. The van der Waals surface area contributed by atoms with Gasteiger partial charge in [0, 0.05) is 12.7 Å². The van der Waals surface area contributed by atoms with E-state index in [0.717, 1.165) is 0 Å². The van der Waals surface area contributed by atoms with Gasteiger partial charge >= 0.3 is 0 Å². The number of anilines is 1. The predicted octanol–water partition coefficient (Wildman–Crippen LogP) is 2.30. The fourth-order valence-electron chi connectivity index (χ4n) is 1.81. The van der Waals surface area contributed by atoms with E-state index in [1.165, 1.54) is 17.2 Å². The number of para-hydroxylation sites is 1. The third-order valence-electron chi connectivity index (χ3n) is 3.13. The van der Waals surface area contributed by atoms with E-state index in [0.29, 0.717) is 17.9 Å². The maximum Gasteiger partial charge on any atom is 0.228 e. The first-order valence-corrected chi connectivity index (χ1v) is 6.88. The van der Waals surface area contributed by atoms with Crippen molar-refractivity contribution in [1.29, 1.82) is 0 Å². The van der Waals surface area contributed by atoms with Crippen LogP contribution in [0.15, 0.2) is 42.6 Å². The predicted molar refractivity (Wildman–Crippen MR) is 89.1 cm³/mol. The number of carbonyl (C=O) groups excluding carboxylic acids is 1. The fourth-order valence-corrected chi connectivity index (χ4v) is 1.81. The highest BCUT2D eigenvalue weighted by molar-refractivity contribution is 5.85. The Morgan fingerprint density at radius 2 is 2.04 bits per heavy atom. The van der Waals surface area contributed by atoms with Crippen molar-refractivity contribution >= 4 is 24.0 Å². The Balaban J connectivity index is 0.00000264. The summed E-state index contributed by atoms with van der Waals surface area (Å²) in [7, 11) is 1.67. The van der Waals surface area contributed by atoms with Crippen molar-refractivity contribution in [2.75, 3.05) is 25.9 Å². The number of rotatable bonds is 6. The van der Waals surface area contributed by atoms with Crippen LogP contribution in [0.1, 0.15) is 5.69 Å². The van der Waals surface area contributed by atoms with E-state index in [4.69, 9.17) is 10.5 Å². The van der Waals surface area contributed by atoms with Gasteiger partial charge in [-0.3, -0.25) is 9.78 Å². The van der Waals surface area contributed by atoms with Crippen LogP contribution in [0.5, 0.6) is 5.75 Å². The first-order valence-electron chi connectivity index (χ1n) is 6.88. The first-order chi connectivity index (χ1) is 10.6. The van der Waals surface area contributed by atoms with Gasteiger partial charge in [0.1, 0.15) is 6.61 Å². The third-order valence-corrected chi connectivity index (χ3v) is 3.13. The molecule has 1 aromatic heterocycles. The maximum absolute atomic E-state index is 13.4. The summed E-state index contributed by atoms with van der Waals surface area (Å²) in [5, 5.41) is 0. The molecule has 0 aliphatic rings. The molecular formula is C16H19ClFN3O2. The van der Waals surface area contributed by atoms with Crippen LogP contribution in [0.2, 0.25) is 0 Å². The third kappa shape index (κ3) is 5.75. The Morgan fingerprint density at radius 3 is 2.70 bits per heavy atom. The Morgan fingerprint density at radius 1 is 1.30 bits per heavy atom. The van der Waals surface area contributed by atoms with Crippen LogP contribution in [0.3, 0.4) is 0 Å². The van der Waals surface area contributed by atoms with Gasteiger partial charge in [0.15, 0.2) is 11.6 Å². The molecule has 0 aliphatic carbocycles. The Hall–Kier alpha value is -2.34. The number of amides is 1. The molecule has 0 saturated heterocycles. The summed E-state index contributed by atoms with van der Waals surface area (Å²) < 4.78 is 18.7. The highest BCUT2D eigenvalue weighted by Gasteiger charge is 2.11. The second-order valence-corrected chi connectivity index (χ2v) is 4.85. The summed E-state index contributed by atoms with van der Waals surface area (Å²) in [6, 6.07) is 9.59. The molecule has 1 heterocycles. The van der Waals surface area contributed by atoms with Crippen molar-refractivity contribution < 1.29 is 13.9 Å². The van der Waals surface area contributed by atoms with Crippen LogP contribution in [0.25, 0.3) is 0 Å². The summed E-state index contributed by atoms with van der Waals surface area (Å²) in [6.07, 6.45) is 1.71. The Kier molecular flexibility index (Phi) is 7.28. The topological polar surface area (TPSA) is 68.5 Å². The van der Waals surface area contributed by atoms with E-state index in [1.54, 1.807) is 37.4 Å². The van der Waals surface area contributed by atoms with Crippen LogP contribution in [-0.4, -0.2) is 36.0 Å². The molecule has 0 fully saturated rings. The van der Waals surface area contributed by atoms with Gasteiger partial charge in [-0.05, 0) is 24.3 Å². The van der Waals surface area contributed by atoms with E-state index < -0.39 is 5.82 Å². The van der Waals surface area contributed by atoms with Crippen molar-refractivity contribution in [2.45, 2.75) is 6.42 Å². The van der Waals surface area contributed by atoms with Crippen LogP contribution < -0.4 is 10.5 Å². The number of halogens is 2. The van der Waals surface area contributed by atoms with Crippen molar-refractivity contribution in [3.8, 4) is 5.75 Å². The molecule has 5 nitrogen and oxygen atoms in total. The molecule has 124 valence electrons. The summed E-state index contributed by atoms with van der Waals surface area (Å²) in [4.78, 5) is 17.6.